The second-order valence-electron chi connectivity index (χ2n) is 5.42. The summed E-state index contributed by atoms with van der Waals surface area (Å²) in [7, 11) is 0. The first kappa shape index (κ1) is 15.6. The quantitative estimate of drug-likeness (QED) is 0.924. The molecule has 1 N–H and O–H groups in total. The molecule has 1 fully saturated rings. The van der Waals surface area contributed by atoms with Crippen LogP contribution in [0, 0.1) is 5.92 Å². The highest BCUT2D eigenvalue weighted by molar-refractivity contribution is 6.33. The number of halogens is 2. The lowest BCUT2D eigenvalue weighted by Gasteiger charge is -2.33. The van der Waals surface area contributed by atoms with Gasteiger partial charge < -0.3 is 5.32 Å². The van der Waals surface area contributed by atoms with Crippen molar-refractivity contribution < 1.29 is 4.79 Å². The number of carbonyl (C=O) groups is 1. The molecular formula is C15H20Cl2N2O. The molecule has 0 aromatic heterocycles. The molecule has 0 bridgehead atoms. The normalized spacial score (nSPS) is 19.9. The number of amides is 1. The number of nitrogens with zero attached hydrogens (tertiary/aromatic N) is 1. The third-order valence-electron chi connectivity index (χ3n) is 3.64. The summed E-state index contributed by atoms with van der Waals surface area (Å²) in [6.07, 6.45) is 2.32. The van der Waals surface area contributed by atoms with Gasteiger partial charge in [0, 0.05) is 36.6 Å². The van der Waals surface area contributed by atoms with Crippen molar-refractivity contribution in [3.63, 3.8) is 0 Å². The average Bonchev–Trinajstić information content (AvgIpc) is 2.41. The Morgan fingerprint density at radius 3 is 3.00 bits per heavy atom. The fourth-order valence-corrected chi connectivity index (χ4v) is 3.03. The van der Waals surface area contributed by atoms with E-state index in [4.69, 9.17) is 23.2 Å². The van der Waals surface area contributed by atoms with E-state index in [1.54, 1.807) is 6.92 Å². The van der Waals surface area contributed by atoms with Gasteiger partial charge in [0.25, 0.3) is 0 Å². The predicted octanol–water partition coefficient (Wildman–Crippen LogP) is 3.34. The lowest BCUT2D eigenvalue weighted by Crippen LogP contribution is -2.40. The summed E-state index contributed by atoms with van der Waals surface area (Å²) in [6, 6.07) is 5.59. The molecule has 1 amide bonds. The summed E-state index contributed by atoms with van der Waals surface area (Å²) in [5.41, 5.74) is 1.07. The summed E-state index contributed by atoms with van der Waals surface area (Å²) in [6.45, 7) is 5.19. The van der Waals surface area contributed by atoms with Crippen molar-refractivity contribution in [3.8, 4) is 0 Å². The third-order valence-corrected chi connectivity index (χ3v) is 4.25. The molecule has 1 heterocycles. The van der Waals surface area contributed by atoms with E-state index in [1.807, 2.05) is 18.2 Å². The maximum Gasteiger partial charge on any atom is 0.216 e. The van der Waals surface area contributed by atoms with E-state index < -0.39 is 0 Å². The molecule has 1 atom stereocenters. The highest BCUT2D eigenvalue weighted by Gasteiger charge is 2.20. The Bertz CT molecular complexity index is 479. The van der Waals surface area contributed by atoms with Crippen LogP contribution in [0.1, 0.15) is 25.3 Å². The van der Waals surface area contributed by atoms with Gasteiger partial charge in [-0.1, -0.05) is 23.2 Å². The number of benzene rings is 1. The van der Waals surface area contributed by atoms with Gasteiger partial charge in [0.05, 0.1) is 0 Å². The SMILES string of the molecule is CC(=O)NC[C@@H]1CCCN(Cc2cc(Cl)ccc2Cl)C1. The summed E-state index contributed by atoms with van der Waals surface area (Å²) >= 11 is 12.2. The van der Waals surface area contributed by atoms with E-state index in [-0.39, 0.29) is 5.91 Å². The smallest absolute Gasteiger partial charge is 0.216 e. The van der Waals surface area contributed by atoms with Crippen molar-refractivity contribution in [2.45, 2.75) is 26.3 Å². The Hall–Kier alpha value is -0.770. The number of hydrogen-bond donors (Lipinski definition) is 1. The molecule has 110 valence electrons. The molecule has 0 spiro atoms. The minimum Gasteiger partial charge on any atom is -0.356 e. The van der Waals surface area contributed by atoms with Crippen LogP contribution in [-0.4, -0.2) is 30.4 Å². The van der Waals surface area contributed by atoms with Gasteiger partial charge in [-0.05, 0) is 49.1 Å². The molecule has 1 aromatic carbocycles. The van der Waals surface area contributed by atoms with Crippen LogP contribution in [0.5, 0.6) is 0 Å². The summed E-state index contributed by atoms with van der Waals surface area (Å²) in [4.78, 5) is 13.4. The summed E-state index contributed by atoms with van der Waals surface area (Å²) in [5.74, 6) is 0.561. The molecule has 1 aliphatic rings. The third kappa shape index (κ3) is 4.65. The number of piperidine rings is 1. The molecule has 1 saturated heterocycles. The van der Waals surface area contributed by atoms with Crippen LogP contribution in [0.25, 0.3) is 0 Å². The number of likely N-dealkylation sites (tertiary alicyclic amines) is 1. The number of rotatable bonds is 4. The van der Waals surface area contributed by atoms with E-state index in [2.05, 4.69) is 10.2 Å². The van der Waals surface area contributed by atoms with E-state index in [9.17, 15) is 4.79 Å². The Morgan fingerprint density at radius 1 is 1.45 bits per heavy atom. The molecule has 2 rings (SSSR count). The van der Waals surface area contributed by atoms with E-state index in [1.165, 1.54) is 6.42 Å². The molecule has 0 aliphatic carbocycles. The van der Waals surface area contributed by atoms with Crippen molar-refractivity contribution in [2.24, 2.45) is 5.92 Å². The zero-order valence-corrected chi connectivity index (χ0v) is 13.2. The van der Waals surface area contributed by atoms with Crippen molar-refractivity contribution in [3.05, 3.63) is 33.8 Å². The van der Waals surface area contributed by atoms with Gasteiger partial charge in [-0.25, -0.2) is 0 Å². The van der Waals surface area contributed by atoms with Gasteiger partial charge in [-0.2, -0.15) is 0 Å². The Morgan fingerprint density at radius 2 is 2.25 bits per heavy atom. The molecule has 0 unspecified atom stereocenters. The molecule has 0 saturated carbocycles. The minimum absolute atomic E-state index is 0.0417. The lowest BCUT2D eigenvalue weighted by atomic mass is 9.97. The molecule has 1 aliphatic heterocycles. The Labute approximate surface area is 130 Å². The van der Waals surface area contributed by atoms with Crippen LogP contribution in [0.3, 0.4) is 0 Å². The van der Waals surface area contributed by atoms with Crippen LogP contribution in [0.15, 0.2) is 18.2 Å². The molecule has 0 radical (unpaired) electrons. The Kier molecular flexibility index (Phi) is 5.70. The standard InChI is InChI=1S/C15H20Cl2N2O/c1-11(20)18-8-12-3-2-6-19(9-12)10-13-7-14(16)4-5-15(13)17/h4-5,7,12H,2-3,6,8-10H2,1H3,(H,18,20)/t12-/m0/s1. The molecule has 3 nitrogen and oxygen atoms in total. The summed E-state index contributed by atoms with van der Waals surface area (Å²) in [5, 5.41) is 4.39. The van der Waals surface area contributed by atoms with Crippen LogP contribution >= 0.6 is 23.2 Å². The largest absolute Gasteiger partial charge is 0.356 e. The van der Waals surface area contributed by atoms with Gasteiger partial charge in [-0.15, -0.1) is 0 Å². The topological polar surface area (TPSA) is 32.3 Å². The van der Waals surface area contributed by atoms with Crippen LogP contribution < -0.4 is 5.32 Å². The minimum atomic E-state index is 0.0417. The Balaban J connectivity index is 1.92. The maximum absolute atomic E-state index is 11.0. The highest BCUT2D eigenvalue weighted by Crippen LogP contribution is 2.24. The maximum atomic E-state index is 11.0. The van der Waals surface area contributed by atoms with Crippen LogP contribution in [0.4, 0.5) is 0 Å². The van der Waals surface area contributed by atoms with E-state index in [0.717, 1.165) is 48.2 Å². The lowest BCUT2D eigenvalue weighted by molar-refractivity contribution is -0.119. The zero-order chi connectivity index (χ0) is 14.5. The fraction of sp³-hybridized carbons (Fsp3) is 0.533. The van der Waals surface area contributed by atoms with Crippen LogP contribution in [0.2, 0.25) is 10.0 Å². The van der Waals surface area contributed by atoms with Gasteiger partial charge in [0.2, 0.25) is 5.91 Å². The van der Waals surface area contributed by atoms with Crippen molar-refractivity contribution in [2.75, 3.05) is 19.6 Å². The van der Waals surface area contributed by atoms with Crippen molar-refractivity contribution in [1.29, 1.82) is 0 Å². The van der Waals surface area contributed by atoms with E-state index >= 15 is 0 Å². The first-order valence-electron chi connectivity index (χ1n) is 6.95. The van der Waals surface area contributed by atoms with Gasteiger partial charge in [-0.3, -0.25) is 9.69 Å². The molecular weight excluding hydrogens is 295 g/mol. The van der Waals surface area contributed by atoms with Gasteiger partial charge in [0.15, 0.2) is 0 Å². The number of hydrogen-bond acceptors (Lipinski definition) is 2. The first-order valence-corrected chi connectivity index (χ1v) is 7.71. The highest BCUT2D eigenvalue weighted by atomic mass is 35.5. The van der Waals surface area contributed by atoms with Crippen molar-refractivity contribution >= 4 is 29.1 Å². The zero-order valence-electron chi connectivity index (χ0n) is 11.7. The predicted molar refractivity (Wildman–Crippen MR) is 83.1 cm³/mol. The van der Waals surface area contributed by atoms with E-state index in [0.29, 0.717) is 5.92 Å². The average molecular weight is 315 g/mol. The first-order chi connectivity index (χ1) is 9.54. The molecule has 1 aromatic rings. The number of nitrogens with one attached hydrogen (secondary N) is 1. The van der Waals surface area contributed by atoms with Gasteiger partial charge >= 0.3 is 0 Å². The monoisotopic (exact) mass is 314 g/mol. The second kappa shape index (κ2) is 7.30. The van der Waals surface area contributed by atoms with Crippen LogP contribution in [-0.2, 0) is 11.3 Å². The molecule has 20 heavy (non-hydrogen) atoms. The van der Waals surface area contributed by atoms with Gasteiger partial charge in [0.1, 0.15) is 0 Å². The number of carbonyl (C=O) groups excluding carboxylic acids is 1. The van der Waals surface area contributed by atoms with Crippen molar-refractivity contribution in [1.82, 2.24) is 10.2 Å². The summed E-state index contributed by atoms with van der Waals surface area (Å²) < 4.78 is 0. The molecule has 5 heteroatoms. The fourth-order valence-electron chi connectivity index (χ4n) is 2.65. The second-order valence-corrected chi connectivity index (χ2v) is 6.26.